The highest BCUT2D eigenvalue weighted by Crippen LogP contribution is 2.36. The summed E-state index contributed by atoms with van der Waals surface area (Å²) in [5, 5.41) is 0. The predicted octanol–water partition coefficient (Wildman–Crippen LogP) is 4.06. The Hall–Kier alpha value is -2.46. The number of aliphatic imine (C=N–C) groups is 1. The molecule has 4 heteroatoms. The second-order valence-corrected chi connectivity index (χ2v) is 7.95. The first-order chi connectivity index (χ1) is 13.7. The molecule has 2 aromatic rings. The minimum absolute atomic E-state index is 0.0244. The number of nitrogens with zero attached hydrogens (tertiary/aromatic N) is 2. The number of carbonyl (C=O) groups is 1. The molecule has 1 heterocycles. The summed E-state index contributed by atoms with van der Waals surface area (Å²) in [6, 6.07) is 12.7. The topological polar surface area (TPSA) is 41.9 Å². The number of benzene rings is 2. The second-order valence-electron chi connectivity index (χ2n) is 7.95. The van der Waals surface area contributed by atoms with Crippen molar-refractivity contribution in [2.45, 2.75) is 38.1 Å². The molecule has 0 fully saturated rings. The van der Waals surface area contributed by atoms with E-state index in [4.69, 9.17) is 4.74 Å². The van der Waals surface area contributed by atoms with Gasteiger partial charge in [-0.25, -0.2) is 0 Å². The number of carbonyl (C=O) groups excluding carboxylic acids is 1. The van der Waals surface area contributed by atoms with Gasteiger partial charge in [0.2, 0.25) is 5.78 Å². The molecule has 1 aliphatic carbocycles. The van der Waals surface area contributed by atoms with Crippen LogP contribution in [-0.4, -0.2) is 44.1 Å². The van der Waals surface area contributed by atoms with Gasteiger partial charge < -0.3 is 9.64 Å². The molecule has 0 saturated heterocycles. The maximum atomic E-state index is 11.9. The van der Waals surface area contributed by atoms with Crippen molar-refractivity contribution in [1.29, 1.82) is 0 Å². The highest BCUT2D eigenvalue weighted by molar-refractivity contribution is 6.36. The lowest BCUT2D eigenvalue weighted by Gasteiger charge is -2.30. The van der Waals surface area contributed by atoms with Gasteiger partial charge in [0.05, 0.1) is 19.9 Å². The van der Waals surface area contributed by atoms with Crippen LogP contribution in [0.25, 0.3) is 0 Å². The summed E-state index contributed by atoms with van der Waals surface area (Å²) in [4.78, 5) is 18.5. The van der Waals surface area contributed by atoms with Crippen LogP contribution in [0.1, 0.15) is 51.4 Å². The van der Waals surface area contributed by atoms with Crippen molar-refractivity contribution in [3.8, 4) is 5.75 Å². The second kappa shape index (κ2) is 8.27. The Morgan fingerprint density at radius 2 is 2.14 bits per heavy atom. The molecule has 28 heavy (non-hydrogen) atoms. The molecular weight excluding hydrogens is 348 g/mol. The number of Topliss-reactive ketones (excluding diaryl/α,β-unsaturated/α-hetero) is 1. The number of rotatable bonds is 6. The quantitative estimate of drug-likeness (QED) is 0.764. The van der Waals surface area contributed by atoms with Gasteiger partial charge in [0, 0.05) is 18.7 Å². The molecule has 2 aliphatic rings. The van der Waals surface area contributed by atoms with E-state index in [1.54, 1.807) is 7.11 Å². The zero-order valence-electron chi connectivity index (χ0n) is 16.8. The van der Waals surface area contributed by atoms with Gasteiger partial charge >= 0.3 is 0 Å². The third-order valence-electron chi connectivity index (χ3n) is 6.03. The molecule has 1 aliphatic heterocycles. The molecule has 1 unspecified atom stereocenters. The van der Waals surface area contributed by atoms with Gasteiger partial charge in [-0.05, 0) is 67.0 Å². The standard InChI is InChI=1S/C24H28N2O2/c1-26(12-11-17-9-10-21-19(13-17)14-25-15-23(21)27)16-18-5-3-7-22-20(18)6-4-8-24(22)28-2/h4,6,8-10,13,15,18H,3,5,7,11-12,14,16H2,1-2H3. The number of methoxy groups -OCH3 is 1. The fourth-order valence-electron chi connectivity index (χ4n) is 4.55. The highest BCUT2D eigenvalue weighted by Gasteiger charge is 2.23. The molecule has 146 valence electrons. The number of hydrogen-bond donors (Lipinski definition) is 0. The molecular formula is C24H28N2O2. The molecule has 0 radical (unpaired) electrons. The van der Waals surface area contributed by atoms with Crippen LogP contribution in [0.5, 0.6) is 5.75 Å². The molecule has 0 spiro atoms. The van der Waals surface area contributed by atoms with E-state index in [2.05, 4.69) is 47.3 Å². The fourth-order valence-corrected chi connectivity index (χ4v) is 4.55. The van der Waals surface area contributed by atoms with Crippen molar-refractivity contribution < 1.29 is 9.53 Å². The Kier molecular flexibility index (Phi) is 5.58. The van der Waals surface area contributed by atoms with Crippen molar-refractivity contribution in [3.63, 3.8) is 0 Å². The van der Waals surface area contributed by atoms with E-state index in [0.717, 1.165) is 42.8 Å². The minimum Gasteiger partial charge on any atom is -0.496 e. The van der Waals surface area contributed by atoms with E-state index in [0.29, 0.717) is 12.5 Å². The van der Waals surface area contributed by atoms with E-state index < -0.39 is 0 Å². The summed E-state index contributed by atoms with van der Waals surface area (Å²) in [7, 11) is 3.98. The van der Waals surface area contributed by atoms with Crippen LogP contribution < -0.4 is 4.74 Å². The largest absolute Gasteiger partial charge is 0.496 e. The monoisotopic (exact) mass is 376 g/mol. The van der Waals surface area contributed by atoms with E-state index in [-0.39, 0.29) is 5.78 Å². The fraction of sp³-hybridized carbons (Fsp3) is 0.417. The van der Waals surface area contributed by atoms with E-state index in [1.807, 2.05) is 6.07 Å². The van der Waals surface area contributed by atoms with Crippen LogP contribution in [0.3, 0.4) is 0 Å². The number of fused-ring (bicyclic) bond motifs is 2. The first-order valence-corrected chi connectivity index (χ1v) is 10.2. The maximum absolute atomic E-state index is 11.9. The van der Waals surface area contributed by atoms with Gasteiger partial charge in [-0.1, -0.05) is 30.3 Å². The van der Waals surface area contributed by atoms with E-state index >= 15 is 0 Å². The zero-order chi connectivity index (χ0) is 19.5. The number of ketones is 1. The summed E-state index contributed by atoms with van der Waals surface area (Å²) < 4.78 is 5.58. The van der Waals surface area contributed by atoms with Crippen molar-refractivity contribution in [1.82, 2.24) is 4.90 Å². The average Bonchev–Trinajstić information content (AvgIpc) is 2.72. The summed E-state index contributed by atoms with van der Waals surface area (Å²) in [6.07, 6.45) is 6.01. The molecule has 0 aromatic heterocycles. The first-order valence-electron chi connectivity index (χ1n) is 10.2. The Bertz CT molecular complexity index is 903. The molecule has 0 N–H and O–H groups in total. The number of ether oxygens (including phenoxy) is 1. The van der Waals surface area contributed by atoms with Crippen molar-refractivity contribution >= 4 is 12.0 Å². The first kappa shape index (κ1) is 18.9. The molecule has 2 aromatic carbocycles. The third-order valence-corrected chi connectivity index (χ3v) is 6.03. The molecule has 4 rings (SSSR count). The van der Waals surface area contributed by atoms with Gasteiger partial charge in [-0.2, -0.15) is 0 Å². The number of likely N-dealkylation sites (N-methyl/N-ethyl adjacent to an activating group) is 1. The van der Waals surface area contributed by atoms with E-state index in [1.165, 1.54) is 35.7 Å². The minimum atomic E-state index is 0.0244. The van der Waals surface area contributed by atoms with Crippen LogP contribution >= 0.6 is 0 Å². The lowest BCUT2D eigenvalue weighted by molar-refractivity contribution is 0.106. The Morgan fingerprint density at radius 1 is 1.25 bits per heavy atom. The van der Waals surface area contributed by atoms with Gasteiger partial charge in [0.1, 0.15) is 5.75 Å². The van der Waals surface area contributed by atoms with Crippen LogP contribution in [0, 0.1) is 0 Å². The van der Waals surface area contributed by atoms with Crippen molar-refractivity contribution in [2.75, 3.05) is 27.2 Å². The SMILES string of the molecule is COc1cccc2c1CCCC2CN(C)CCc1ccc2c(c1)CN=CC2=O. The maximum Gasteiger partial charge on any atom is 0.203 e. The van der Waals surface area contributed by atoms with Crippen LogP contribution in [-0.2, 0) is 19.4 Å². The molecule has 4 nitrogen and oxygen atoms in total. The zero-order valence-corrected chi connectivity index (χ0v) is 16.8. The summed E-state index contributed by atoms with van der Waals surface area (Å²) in [5.41, 5.74) is 6.00. The van der Waals surface area contributed by atoms with Gasteiger partial charge in [-0.15, -0.1) is 0 Å². The Balaban J connectivity index is 1.39. The Labute approximate surface area is 167 Å². The smallest absolute Gasteiger partial charge is 0.203 e. The summed E-state index contributed by atoms with van der Waals surface area (Å²) >= 11 is 0. The molecule has 0 saturated carbocycles. The predicted molar refractivity (Wildman–Crippen MR) is 113 cm³/mol. The normalized spacial score (nSPS) is 18.1. The third kappa shape index (κ3) is 3.88. The van der Waals surface area contributed by atoms with Crippen molar-refractivity contribution in [3.05, 3.63) is 64.2 Å². The highest BCUT2D eigenvalue weighted by atomic mass is 16.5. The average molecular weight is 377 g/mol. The summed E-state index contributed by atoms with van der Waals surface area (Å²) in [5.74, 6) is 1.63. The van der Waals surface area contributed by atoms with Gasteiger partial charge in [0.15, 0.2) is 0 Å². The van der Waals surface area contributed by atoms with Gasteiger partial charge in [0.25, 0.3) is 0 Å². The van der Waals surface area contributed by atoms with Crippen LogP contribution in [0.15, 0.2) is 41.4 Å². The molecule has 0 amide bonds. The van der Waals surface area contributed by atoms with E-state index in [9.17, 15) is 4.79 Å². The van der Waals surface area contributed by atoms with Crippen LogP contribution in [0.4, 0.5) is 0 Å². The van der Waals surface area contributed by atoms with Gasteiger partial charge in [-0.3, -0.25) is 9.79 Å². The molecule has 1 atom stereocenters. The number of hydrogen-bond acceptors (Lipinski definition) is 4. The lowest BCUT2D eigenvalue weighted by atomic mass is 9.82. The van der Waals surface area contributed by atoms with Crippen LogP contribution in [0.2, 0.25) is 0 Å². The molecule has 0 bridgehead atoms. The Morgan fingerprint density at radius 3 is 3.00 bits per heavy atom. The lowest BCUT2D eigenvalue weighted by Crippen LogP contribution is -2.28. The summed E-state index contributed by atoms with van der Waals surface area (Å²) in [6.45, 7) is 2.69. The van der Waals surface area contributed by atoms with Crippen molar-refractivity contribution in [2.24, 2.45) is 4.99 Å².